The van der Waals surface area contributed by atoms with E-state index in [-0.39, 0.29) is 6.61 Å². The summed E-state index contributed by atoms with van der Waals surface area (Å²) in [7, 11) is 0. The summed E-state index contributed by atoms with van der Waals surface area (Å²) in [4.78, 5) is 0. The van der Waals surface area contributed by atoms with Gasteiger partial charge in [-0.1, -0.05) is 26.0 Å². The molecule has 2 heteroatoms. The van der Waals surface area contributed by atoms with E-state index >= 15 is 0 Å². The highest BCUT2D eigenvalue weighted by Crippen LogP contribution is 2.18. The number of rotatable bonds is 5. The van der Waals surface area contributed by atoms with Crippen LogP contribution in [0.25, 0.3) is 0 Å². The van der Waals surface area contributed by atoms with Crippen LogP contribution in [0.5, 0.6) is 0 Å². The minimum Gasteiger partial charge on any atom is -0.396 e. The summed E-state index contributed by atoms with van der Waals surface area (Å²) in [6, 6.07) is 8.43. The summed E-state index contributed by atoms with van der Waals surface area (Å²) >= 11 is 0. The first kappa shape index (κ1) is 11.1. The van der Waals surface area contributed by atoms with E-state index in [4.69, 9.17) is 5.11 Å². The Hall–Kier alpha value is -1.02. The third-order valence-electron chi connectivity index (χ3n) is 2.22. The van der Waals surface area contributed by atoms with Crippen molar-refractivity contribution in [2.75, 3.05) is 18.5 Å². The average molecular weight is 193 g/mol. The van der Waals surface area contributed by atoms with Crippen molar-refractivity contribution >= 4 is 5.69 Å². The Bertz CT molecular complexity index is 271. The van der Waals surface area contributed by atoms with Gasteiger partial charge in [-0.2, -0.15) is 0 Å². The lowest BCUT2D eigenvalue weighted by Gasteiger charge is -2.09. The summed E-state index contributed by atoms with van der Waals surface area (Å²) in [5.41, 5.74) is 2.49. The number of nitrogens with one attached hydrogen (secondary N) is 1. The van der Waals surface area contributed by atoms with Gasteiger partial charge in [-0.25, -0.2) is 0 Å². The molecule has 2 nitrogen and oxygen atoms in total. The molecule has 1 aromatic carbocycles. The van der Waals surface area contributed by atoms with Gasteiger partial charge in [0.05, 0.1) is 0 Å². The van der Waals surface area contributed by atoms with Gasteiger partial charge in [0, 0.05) is 18.8 Å². The lowest BCUT2D eigenvalue weighted by molar-refractivity contribution is 0.292. The molecule has 0 aliphatic rings. The Morgan fingerprint density at radius 2 is 2.14 bits per heavy atom. The first-order valence-electron chi connectivity index (χ1n) is 5.18. The van der Waals surface area contributed by atoms with Crippen LogP contribution in [0, 0.1) is 0 Å². The molecule has 0 heterocycles. The van der Waals surface area contributed by atoms with Gasteiger partial charge in [0.15, 0.2) is 0 Å². The van der Waals surface area contributed by atoms with Crippen molar-refractivity contribution in [3.05, 3.63) is 29.8 Å². The third kappa shape index (κ3) is 3.38. The minimum absolute atomic E-state index is 0.247. The summed E-state index contributed by atoms with van der Waals surface area (Å²) in [6.45, 7) is 5.45. The van der Waals surface area contributed by atoms with Crippen LogP contribution in [0.4, 0.5) is 5.69 Å². The van der Waals surface area contributed by atoms with Crippen molar-refractivity contribution in [1.82, 2.24) is 0 Å². The number of aliphatic hydroxyl groups excluding tert-OH is 1. The van der Waals surface area contributed by atoms with Crippen molar-refractivity contribution in [2.24, 2.45) is 0 Å². The number of hydrogen-bond donors (Lipinski definition) is 2. The molecule has 0 spiro atoms. The summed E-state index contributed by atoms with van der Waals surface area (Å²) in [6.07, 6.45) is 0.798. The van der Waals surface area contributed by atoms with Crippen molar-refractivity contribution in [1.29, 1.82) is 0 Å². The van der Waals surface area contributed by atoms with Gasteiger partial charge < -0.3 is 10.4 Å². The van der Waals surface area contributed by atoms with Gasteiger partial charge in [-0.3, -0.25) is 0 Å². The number of anilines is 1. The molecule has 1 rings (SSSR count). The third-order valence-corrected chi connectivity index (χ3v) is 2.22. The summed E-state index contributed by atoms with van der Waals surface area (Å²) in [5.74, 6) is 0.564. The maximum atomic E-state index is 8.65. The van der Waals surface area contributed by atoms with E-state index in [1.807, 2.05) is 0 Å². The van der Waals surface area contributed by atoms with Crippen molar-refractivity contribution < 1.29 is 5.11 Å². The zero-order valence-electron chi connectivity index (χ0n) is 8.96. The first-order valence-corrected chi connectivity index (χ1v) is 5.18. The number of benzene rings is 1. The topological polar surface area (TPSA) is 32.3 Å². The lowest BCUT2D eigenvalue weighted by atomic mass is 10.0. The maximum absolute atomic E-state index is 8.65. The quantitative estimate of drug-likeness (QED) is 0.704. The van der Waals surface area contributed by atoms with Gasteiger partial charge >= 0.3 is 0 Å². The molecule has 0 amide bonds. The van der Waals surface area contributed by atoms with Crippen LogP contribution in [0.15, 0.2) is 24.3 Å². The highest BCUT2D eigenvalue weighted by atomic mass is 16.3. The Labute approximate surface area is 86.0 Å². The second kappa shape index (κ2) is 5.66. The van der Waals surface area contributed by atoms with Crippen LogP contribution >= 0.6 is 0 Å². The van der Waals surface area contributed by atoms with E-state index in [2.05, 4.69) is 43.4 Å². The first-order chi connectivity index (χ1) is 6.74. The normalized spacial score (nSPS) is 10.6. The molecule has 0 aliphatic heterocycles. The van der Waals surface area contributed by atoms with Crippen LogP contribution < -0.4 is 5.32 Å². The minimum atomic E-state index is 0.247. The second-order valence-electron chi connectivity index (χ2n) is 3.78. The van der Waals surface area contributed by atoms with E-state index in [0.717, 1.165) is 18.7 Å². The zero-order valence-corrected chi connectivity index (χ0v) is 8.96. The van der Waals surface area contributed by atoms with Crippen LogP contribution in [-0.4, -0.2) is 18.3 Å². The molecule has 78 valence electrons. The van der Waals surface area contributed by atoms with Gasteiger partial charge in [-0.05, 0) is 30.0 Å². The van der Waals surface area contributed by atoms with E-state index in [0.29, 0.717) is 5.92 Å². The summed E-state index contributed by atoms with van der Waals surface area (Å²) in [5, 5.41) is 11.9. The molecule has 0 atom stereocenters. The predicted molar refractivity (Wildman–Crippen MR) is 60.7 cm³/mol. The molecule has 0 unspecified atom stereocenters. The SMILES string of the molecule is CC(C)c1cccc(NCCCO)c1. The van der Waals surface area contributed by atoms with Crippen molar-refractivity contribution in [3.63, 3.8) is 0 Å². The average Bonchev–Trinajstić information content (AvgIpc) is 2.19. The Kier molecular flexibility index (Phi) is 4.47. The molecule has 2 N–H and O–H groups in total. The lowest BCUT2D eigenvalue weighted by Crippen LogP contribution is -2.03. The second-order valence-corrected chi connectivity index (χ2v) is 3.78. The molecule has 0 fully saturated rings. The Morgan fingerprint density at radius 1 is 1.36 bits per heavy atom. The van der Waals surface area contributed by atoms with Crippen LogP contribution in [-0.2, 0) is 0 Å². The smallest absolute Gasteiger partial charge is 0.0447 e. The van der Waals surface area contributed by atoms with E-state index < -0.39 is 0 Å². The molecular formula is C12H19NO. The number of hydrogen-bond acceptors (Lipinski definition) is 2. The highest BCUT2D eigenvalue weighted by Gasteiger charge is 1.99. The monoisotopic (exact) mass is 193 g/mol. The van der Waals surface area contributed by atoms with Gasteiger partial charge in [0.1, 0.15) is 0 Å². The standard InChI is InChI=1S/C12H19NO/c1-10(2)11-5-3-6-12(9-11)13-7-4-8-14/h3,5-6,9-10,13-14H,4,7-8H2,1-2H3. The maximum Gasteiger partial charge on any atom is 0.0447 e. The van der Waals surface area contributed by atoms with Gasteiger partial charge in [0.2, 0.25) is 0 Å². The fourth-order valence-corrected chi connectivity index (χ4v) is 1.32. The summed E-state index contributed by atoms with van der Waals surface area (Å²) < 4.78 is 0. The van der Waals surface area contributed by atoms with Gasteiger partial charge in [0.25, 0.3) is 0 Å². The Morgan fingerprint density at radius 3 is 2.79 bits per heavy atom. The zero-order chi connectivity index (χ0) is 10.4. The Balaban J connectivity index is 2.55. The fourth-order valence-electron chi connectivity index (χ4n) is 1.32. The molecule has 0 saturated carbocycles. The molecule has 0 saturated heterocycles. The van der Waals surface area contributed by atoms with Gasteiger partial charge in [-0.15, -0.1) is 0 Å². The van der Waals surface area contributed by atoms with E-state index in [9.17, 15) is 0 Å². The molecule has 0 aromatic heterocycles. The molecular weight excluding hydrogens is 174 g/mol. The highest BCUT2D eigenvalue weighted by molar-refractivity contribution is 5.46. The molecule has 0 bridgehead atoms. The van der Waals surface area contributed by atoms with Crippen molar-refractivity contribution in [3.8, 4) is 0 Å². The van der Waals surface area contributed by atoms with E-state index in [1.165, 1.54) is 5.56 Å². The molecule has 14 heavy (non-hydrogen) atoms. The van der Waals surface area contributed by atoms with Crippen LogP contribution in [0.3, 0.4) is 0 Å². The van der Waals surface area contributed by atoms with Crippen LogP contribution in [0.1, 0.15) is 31.7 Å². The molecule has 0 radical (unpaired) electrons. The van der Waals surface area contributed by atoms with Crippen molar-refractivity contribution in [2.45, 2.75) is 26.2 Å². The van der Waals surface area contributed by atoms with Crippen LogP contribution in [0.2, 0.25) is 0 Å². The fraction of sp³-hybridized carbons (Fsp3) is 0.500. The predicted octanol–water partition coefficient (Wildman–Crippen LogP) is 2.60. The van der Waals surface area contributed by atoms with E-state index in [1.54, 1.807) is 0 Å². The number of aliphatic hydroxyl groups is 1. The molecule has 0 aliphatic carbocycles. The largest absolute Gasteiger partial charge is 0.396 e. The molecule has 1 aromatic rings.